The zero-order chi connectivity index (χ0) is 12.8. The number of carbonyl (C=O) groups excluding carboxylic acids is 1. The number of carbonyl (C=O) groups is 1. The van der Waals surface area contributed by atoms with Gasteiger partial charge in [-0.25, -0.2) is 0 Å². The second-order valence-electron chi connectivity index (χ2n) is 3.62. The molecule has 3 heteroatoms. The Morgan fingerprint density at radius 2 is 1.67 bits per heavy atom. The quantitative estimate of drug-likeness (QED) is 0.597. The van der Waals surface area contributed by atoms with Crippen LogP contribution in [0.1, 0.15) is 5.56 Å². The molecule has 0 aliphatic heterocycles. The molecular weight excluding hydrogens is 264 g/mol. The van der Waals surface area contributed by atoms with Gasteiger partial charge in [-0.05, 0) is 47.7 Å². The molecule has 1 nitrogen and oxygen atoms in total. The SMILES string of the molecule is O=C(/C=C/c1ccccc1)Sc1ccc(Cl)cc1. The van der Waals surface area contributed by atoms with Crippen molar-refractivity contribution < 1.29 is 4.79 Å². The van der Waals surface area contributed by atoms with Crippen molar-refractivity contribution in [1.82, 2.24) is 0 Å². The molecule has 0 spiro atoms. The van der Waals surface area contributed by atoms with E-state index in [9.17, 15) is 4.79 Å². The molecule has 0 aliphatic rings. The summed E-state index contributed by atoms with van der Waals surface area (Å²) in [5.74, 6) is 0. The monoisotopic (exact) mass is 274 g/mol. The summed E-state index contributed by atoms with van der Waals surface area (Å²) in [6, 6.07) is 17.0. The van der Waals surface area contributed by atoms with Crippen molar-refractivity contribution in [2.24, 2.45) is 0 Å². The van der Waals surface area contributed by atoms with Crippen molar-refractivity contribution in [3.05, 3.63) is 71.3 Å². The first kappa shape index (κ1) is 12.9. The van der Waals surface area contributed by atoms with Crippen LogP contribution in [-0.2, 0) is 4.79 Å². The summed E-state index contributed by atoms with van der Waals surface area (Å²) in [5, 5.41) is 0.674. The third-order valence-electron chi connectivity index (χ3n) is 2.24. The van der Waals surface area contributed by atoms with Gasteiger partial charge in [0.15, 0.2) is 0 Å². The second-order valence-corrected chi connectivity index (χ2v) is 5.13. The minimum Gasteiger partial charge on any atom is -0.282 e. The molecule has 2 aromatic rings. The van der Waals surface area contributed by atoms with Crippen LogP contribution in [0.2, 0.25) is 5.02 Å². The molecule has 0 heterocycles. The molecule has 0 N–H and O–H groups in total. The Morgan fingerprint density at radius 3 is 2.33 bits per heavy atom. The fourth-order valence-corrected chi connectivity index (χ4v) is 2.15. The number of thioether (sulfide) groups is 1. The van der Waals surface area contributed by atoms with Crippen molar-refractivity contribution >= 4 is 34.6 Å². The van der Waals surface area contributed by atoms with E-state index in [1.165, 1.54) is 11.8 Å². The van der Waals surface area contributed by atoms with Gasteiger partial charge in [-0.15, -0.1) is 0 Å². The van der Waals surface area contributed by atoms with E-state index in [0.717, 1.165) is 10.5 Å². The van der Waals surface area contributed by atoms with Crippen LogP contribution in [0, 0.1) is 0 Å². The second kappa shape index (κ2) is 6.43. The average molecular weight is 275 g/mol. The van der Waals surface area contributed by atoms with Crippen LogP contribution in [0.3, 0.4) is 0 Å². The van der Waals surface area contributed by atoms with Gasteiger partial charge in [-0.1, -0.05) is 48.0 Å². The van der Waals surface area contributed by atoms with E-state index >= 15 is 0 Å². The zero-order valence-corrected chi connectivity index (χ0v) is 11.1. The molecular formula is C15H11ClOS. The van der Waals surface area contributed by atoms with Crippen LogP contribution < -0.4 is 0 Å². The van der Waals surface area contributed by atoms with Gasteiger partial charge in [-0.2, -0.15) is 0 Å². The van der Waals surface area contributed by atoms with E-state index in [2.05, 4.69) is 0 Å². The van der Waals surface area contributed by atoms with Crippen molar-refractivity contribution in [1.29, 1.82) is 0 Å². The van der Waals surface area contributed by atoms with Gasteiger partial charge in [0.25, 0.3) is 0 Å². The fourth-order valence-electron chi connectivity index (χ4n) is 1.38. The van der Waals surface area contributed by atoms with Gasteiger partial charge in [-0.3, -0.25) is 4.79 Å². The van der Waals surface area contributed by atoms with E-state index in [-0.39, 0.29) is 5.12 Å². The largest absolute Gasteiger partial charge is 0.282 e. The summed E-state index contributed by atoms with van der Waals surface area (Å²) in [7, 11) is 0. The van der Waals surface area contributed by atoms with Crippen LogP contribution in [0.15, 0.2) is 65.6 Å². The number of rotatable bonds is 3. The lowest BCUT2D eigenvalue weighted by Crippen LogP contribution is -1.84. The topological polar surface area (TPSA) is 17.1 Å². The lowest BCUT2D eigenvalue weighted by Gasteiger charge is -1.97. The first-order valence-electron chi connectivity index (χ1n) is 5.44. The molecule has 0 saturated heterocycles. The third-order valence-corrected chi connectivity index (χ3v) is 3.34. The highest BCUT2D eigenvalue weighted by atomic mass is 35.5. The molecule has 0 aliphatic carbocycles. The molecule has 0 fully saturated rings. The van der Waals surface area contributed by atoms with Gasteiger partial charge in [0.05, 0.1) is 0 Å². The smallest absolute Gasteiger partial charge is 0.216 e. The van der Waals surface area contributed by atoms with E-state index in [4.69, 9.17) is 11.6 Å². The number of hydrogen-bond donors (Lipinski definition) is 0. The normalized spacial score (nSPS) is 10.7. The first-order valence-corrected chi connectivity index (χ1v) is 6.64. The Balaban J connectivity index is 1.97. The van der Waals surface area contributed by atoms with Gasteiger partial charge >= 0.3 is 0 Å². The molecule has 0 amide bonds. The van der Waals surface area contributed by atoms with Crippen molar-refractivity contribution in [2.45, 2.75) is 4.90 Å². The van der Waals surface area contributed by atoms with Crippen molar-refractivity contribution in [3.63, 3.8) is 0 Å². The number of halogens is 1. The van der Waals surface area contributed by atoms with Gasteiger partial charge < -0.3 is 0 Å². The van der Waals surface area contributed by atoms with Crippen molar-refractivity contribution in [2.75, 3.05) is 0 Å². The molecule has 0 atom stereocenters. The molecule has 0 saturated carbocycles. The molecule has 18 heavy (non-hydrogen) atoms. The molecule has 90 valence electrons. The maximum atomic E-state index is 11.7. The van der Waals surface area contributed by atoms with Crippen molar-refractivity contribution in [3.8, 4) is 0 Å². The average Bonchev–Trinajstić information content (AvgIpc) is 2.40. The molecule has 2 rings (SSSR count). The van der Waals surface area contributed by atoms with E-state index in [1.807, 2.05) is 48.5 Å². The van der Waals surface area contributed by atoms with Gasteiger partial charge in [0.1, 0.15) is 0 Å². The highest BCUT2D eigenvalue weighted by Crippen LogP contribution is 2.21. The summed E-state index contributed by atoms with van der Waals surface area (Å²) in [5.41, 5.74) is 1.02. The summed E-state index contributed by atoms with van der Waals surface area (Å²) < 4.78 is 0. The first-order chi connectivity index (χ1) is 8.74. The standard InChI is InChI=1S/C15H11ClOS/c16-13-7-9-14(10-8-13)18-15(17)11-6-12-4-2-1-3-5-12/h1-11H/b11-6+. The lowest BCUT2D eigenvalue weighted by molar-refractivity contribution is -0.106. The summed E-state index contributed by atoms with van der Waals surface area (Å²) in [4.78, 5) is 12.6. The highest BCUT2D eigenvalue weighted by molar-refractivity contribution is 8.14. The fraction of sp³-hybridized carbons (Fsp3) is 0. The predicted molar refractivity (Wildman–Crippen MR) is 77.8 cm³/mol. The maximum Gasteiger partial charge on any atom is 0.216 e. The maximum absolute atomic E-state index is 11.7. The Labute approximate surface area is 115 Å². The minimum atomic E-state index is 0.00109. The minimum absolute atomic E-state index is 0.00109. The van der Waals surface area contributed by atoms with E-state index < -0.39 is 0 Å². The van der Waals surface area contributed by atoms with Crippen LogP contribution in [-0.4, -0.2) is 5.12 Å². The Morgan fingerprint density at radius 1 is 1.00 bits per heavy atom. The van der Waals surface area contributed by atoms with Gasteiger partial charge in [0, 0.05) is 9.92 Å². The molecule has 0 radical (unpaired) electrons. The Bertz CT molecular complexity index is 546. The highest BCUT2D eigenvalue weighted by Gasteiger charge is 2.00. The van der Waals surface area contributed by atoms with E-state index in [1.54, 1.807) is 18.2 Å². The van der Waals surface area contributed by atoms with Gasteiger partial charge in [0.2, 0.25) is 5.12 Å². The predicted octanol–water partition coefficient (Wildman–Crippen LogP) is 4.67. The molecule has 2 aromatic carbocycles. The lowest BCUT2D eigenvalue weighted by atomic mass is 10.2. The molecule has 0 unspecified atom stereocenters. The van der Waals surface area contributed by atoms with Crippen LogP contribution in [0.25, 0.3) is 6.08 Å². The number of benzene rings is 2. The van der Waals surface area contributed by atoms with Crippen LogP contribution in [0.4, 0.5) is 0 Å². The van der Waals surface area contributed by atoms with Crippen LogP contribution >= 0.6 is 23.4 Å². The third kappa shape index (κ3) is 4.06. The summed E-state index contributed by atoms with van der Waals surface area (Å²) in [6.45, 7) is 0. The Hall–Kier alpha value is -1.51. The zero-order valence-electron chi connectivity index (χ0n) is 9.55. The number of hydrogen-bond acceptors (Lipinski definition) is 2. The van der Waals surface area contributed by atoms with E-state index in [0.29, 0.717) is 5.02 Å². The molecule has 0 bridgehead atoms. The summed E-state index contributed by atoms with van der Waals surface area (Å²) in [6.07, 6.45) is 3.39. The summed E-state index contributed by atoms with van der Waals surface area (Å²) >= 11 is 6.97. The molecule has 0 aromatic heterocycles. The Kier molecular flexibility index (Phi) is 4.62. The van der Waals surface area contributed by atoms with Crippen LogP contribution in [0.5, 0.6) is 0 Å².